The van der Waals surface area contributed by atoms with Crippen LogP contribution in [0.15, 0.2) is 36.5 Å². The maximum atomic E-state index is 6.06. The molecule has 0 saturated heterocycles. The Morgan fingerprint density at radius 2 is 1.60 bits per heavy atom. The molecule has 0 bridgehead atoms. The quantitative estimate of drug-likeness (QED) is 0.675. The van der Waals surface area contributed by atoms with Crippen LogP contribution in [0.4, 0.5) is 0 Å². The van der Waals surface area contributed by atoms with Gasteiger partial charge in [0.25, 0.3) is 0 Å². The third-order valence-electron chi connectivity index (χ3n) is 2.01. The second-order valence-corrected chi connectivity index (χ2v) is 4.09. The normalized spacial score (nSPS) is 10.3. The first-order valence-electron chi connectivity index (χ1n) is 4.25. The second-order valence-electron chi connectivity index (χ2n) is 2.94. The van der Waals surface area contributed by atoms with Crippen molar-refractivity contribution in [2.45, 2.75) is 0 Å². The van der Waals surface area contributed by atoms with Crippen LogP contribution < -0.4 is 0 Å². The Morgan fingerprint density at radius 1 is 0.867 bits per heavy atom. The Hall–Kier alpha value is -0.760. The van der Waals surface area contributed by atoms with Gasteiger partial charge in [0.2, 0.25) is 0 Å². The van der Waals surface area contributed by atoms with Gasteiger partial charge in [0.1, 0.15) is 5.15 Å². The summed E-state index contributed by atoms with van der Waals surface area (Å²) in [4.78, 5) is 3.88. The van der Waals surface area contributed by atoms with Gasteiger partial charge in [-0.3, -0.25) is 0 Å². The lowest BCUT2D eigenvalue weighted by Gasteiger charge is -2.06. The molecule has 0 aliphatic heterocycles. The van der Waals surface area contributed by atoms with Crippen LogP contribution in [-0.4, -0.2) is 4.98 Å². The van der Waals surface area contributed by atoms with Crippen molar-refractivity contribution in [2.24, 2.45) is 0 Å². The number of pyridine rings is 1. The van der Waals surface area contributed by atoms with E-state index in [9.17, 15) is 0 Å². The summed E-state index contributed by atoms with van der Waals surface area (Å²) in [5.74, 6) is 0. The van der Waals surface area contributed by atoms with Crippen molar-refractivity contribution >= 4 is 34.8 Å². The zero-order chi connectivity index (χ0) is 10.8. The van der Waals surface area contributed by atoms with Gasteiger partial charge in [-0.1, -0.05) is 53.0 Å². The molecule has 1 aromatic carbocycles. The third kappa shape index (κ3) is 2.10. The largest absolute Gasteiger partial charge is 0.243 e. The number of nitrogens with zero attached hydrogens (tertiary/aromatic N) is 1. The van der Waals surface area contributed by atoms with Gasteiger partial charge in [-0.25, -0.2) is 4.98 Å². The van der Waals surface area contributed by atoms with Gasteiger partial charge in [0.15, 0.2) is 0 Å². The molecular weight excluding hydrogens is 252 g/mol. The smallest absolute Gasteiger partial charge is 0.148 e. The van der Waals surface area contributed by atoms with Gasteiger partial charge in [-0.05, 0) is 12.1 Å². The fourth-order valence-corrected chi connectivity index (χ4v) is 1.92. The highest BCUT2D eigenvalue weighted by Crippen LogP contribution is 2.35. The highest BCUT2D eigenvalue weighted by Gasteiger charge is 2.09. The van der Waals surface area contributed by atoms with E-state index >= 15 is 0 Å². The topological polar surface area (TPSA) is 12.9 Å². The van der Waals surface area contributed by atoms with Crippen LogP contribution in [0.25, 0.3) is 11.1 Å². The predicted octanol–water partition coefficient (Wildman–Crippen LogP) is 4.71. The number of rotatable bonds is 1. The molecule has 2 aromatic rings. The maximum Gasteiger partial charge on any atom is 0.148 e. The molecule has 15 heavy (non-hydrogen) atoms. The SMILES string of the molecule is Clc1ccccc1-c1ccnc(Cl)c1Cl. The highest BCUT2D eigenvalue weighted by atomic mass is 35.5. The summed E-state index contributed by atoms with van der Waals surface area (Å²) in [6, 6.07) is 9.24. The van der Waals surface area contributed by atoms with E-state index < -0.39 is 0 Å². The lowest BCUT2D eigenvalue weighted by molar-refractivity contribution is 1.33. The molecule has 0 N–H and O–H groups in total. The van der Waals surface area contributed by atoms with E-state index in [0.29, 0.717) is 10.0 Å². The number of hydrogen-bond acceptors (Lipinski definition) is 1. The molecular formula is C11H6Cl3N. The number of aromatic nitrogens is 1. The van der Waals surface area contributed by atoms with Gasteiger partial charge in [0.05, 0.1) is 5.02 Å². The molecule has 1 aromatic heterocycles. The molecule has 2 rings (SSSR count). The Bertz CT molecular complexity index is 497. The molecule has 76 valence electrons. The summed E-state index contributed by atoms with van der Waals surface area (Å²) in [5.41, 5.74) is 1.65. The van der Waals surface area contributed by atoms with Crippen molar-refractivity contribution in [1.82, 2.24) is 4.98 Å². The summed E-state index contributed by atoms with van der Waals surface area (Å²) in [7, 11) is 0. The third-order valence-corrected chi connectivity index (χ3v) is 3.11. The molecule has 0 aliphatic rings. The number of halogens is 3. The summed E-state index contributed by atoms with van der Waals surface area (Å²) >= 11 is 17.9. The summed E-state index contributed by atoms with van der Waals surface area (Å²) in [6.45, 7) is 0. The van der Waals surface area contributed by atoms with Crippen molar-refractivity contribution in [2.75, 3.05) is 0 Å². The van der Waals surface area contributed by atoms with Gasteiger partial charge < -0.3 is 0 Å². The van der Waals surface area contributed by atoms with E-state index in [-0.39, 0.29) is 5.15 Å². The van der Waals surface area contributed by atoms with Crippen LogP contribution in [0, 0.1) is 0 Å². The zero-order valence-electron chi connectivity index (χ0n) is 7.55. The van der Waals surface area contributed by atoms with Crippen molar-refractivity contribution in [3.05, 3.63) is 51.7 Å². The van der Waals surface area contributed by atoms with Crippen molar-refractivity contribution < 1.29 is 0 Å². The Labute approximate surface area is 103 Å². The molecule has 1 nitrogen and oxygen atoms in total. The van der Waals surface area contributed by atoms with E-state index in [1.807, 2.05) is 24.3 Å². The molecule has 0 aliphatic carbocycles. The minimum Gasteiger partial charge on any atom is -0.243 e. The lowest BCUT2D eigenvalue weighted by Crippen LogP contribution is -1.84. The standard InChI is InChI=1S/C11H6Cl3N/c12-9-4-2-1-3-7(9)8-5-6-15-11(14)10(8)13/h1-6H. The minimum absolute atomic E-state index is 0.286. The van der Waals surface area contributed by atoms with Crippen molar-refractivity contribution in [3.8, 4) is 11.1 Å². The number of benzene rings is 1. The van der Waals surface area contributed by atoms with Gasteiger partial charge in [-0.2, -0.15) is 0 Å². The number of hydrogen-bond donors (Lipinski definition) is 0. The van der Waals surface area contributed by atoms with E-state index in [1.54, 1.807) is 12.3 Å². The predicted molar refractivity (Wildman–Crippen MR) is 64.7 cm³/mol. The highest BCUT2D eigenvalue weighted by molar-refractivity contribution is 6.43. The fraction of sp³-hybridized carbons (Fsp3) is 0. The average Bonchev–Trinajstić information content (AvgIpc) is 2.23. The van der Waals surface area contributed by atoms with Crippen LogP contribution in [0.1, 0.15) is 0 Å². The zero-order valence-corrected chi connectivity index (χ0v) is 9.81. The first-order valence-corrected chi connectivity index (χ1v) is 5.38. The Morgan fingerprint density at radius 3 is 2.33 bits per heavy atom. The van der Waals surface area contributed by atoms with E-state index in [4.69, 9.17) is 34.8 Å². The van der Waals surface area contributed by atoms with Crippen LogP contribution in [0.2, 0.25) is 15.2 Å². The minimum atomic E-state index is 0.286. The summed E-state index contributed by atoms with van der Waals surface area (Å²) < 4.78 is 0. The van der Waals surface area contributed by atoms with E-state index in [2.05, 4.69) is 4.98 Å². The summed E-state index contributed by atoms with van der Waals surface area (Å²) in [6.07, 6.45) is 1.60. The molecule has 0 spiro atoms. The van der Waals surface area contributed by atoms with Gasteiger partial charge in [0, 0.05) is 22.3 Å². The van der Waals surface area contributed by atoms with Crippen molar-refractivity contribution in [3.63, 3.8) is 0 Å². The molecule has 0 saturated carbocycles. The molecule has 0 amide bonds. The molecule has 0 atom stereocenters. The molecule has 0 unspecified atom stereocenters. The van der Waals surface area contributed by atoms with Crippen molar-refractivity contribution in [1.29, 1.82) is 0 Å². The monoisotopic (exact) mass is 257 g/mol. The molecule has 1 heterocycles. The van der Waals surface area contributed by atoms with E-state index in [0.717, 1.165) is 11.1 Å². The van der Waals surface area contributed by atoms with Crippen LogP contribution in [-0.2, 0) is 0 Å². The van der Waals surface area contributed by atoms with Gasteiger partial charge in [-0.15, -0.1) is 0 Å². The average molecular weight is 259 g/mol. The second kappa shape index (κ2) is 4.40. The molecule has 0 radical (unpaired) electrons. The Balaban J connectivity index is 2.65. The van der Waals surface area contributed by atoms with Crippen LogP contribution in [0.5, 0.6) is 0 Å². The van der Waals surface area contributed by atoms with Gasteiger partial charge >= 0.3 is 0 Å². The lowest BCUT2D eigenvalue weighted by atomic mass is 10.1. The maximum absolute atomic E-state index is 6.06. The van der Waals surface area contributed by atoms with Crippen LogP contribution in [0.3, 0.4) is 0 Å². The first-order chi connectivity index (χ1) is 7.20. The fourth-order valence-electron chi connectivity index (χ4n) is 1.31. The van der Waals surface area contributed by atoms with E-state index in [1.165, 1.54) is 0 Å². The Kier molecular flexibility index (Phi) is 3.15. The molecule has 4 heteroatoms. The van der Waals surface area contributed by atoms with Crippen LogP contribution >= 0.6 is 34.8 Å². The molecule has 0 fully saturated rings. The first kappa shape index (κ1) is 10.7. The summed E-state index contributed by atoms with van der Waals surface area (Å²) in [5, 5.41) is 1.35.